The van der Waals surface area contributed by atoms with E-state index in [1.54, 1.807) is 23.2 Å². The molecule has 12 heteroatoms. The SMILES string of the molecule is COc1ccc([N+](=O)[O-])cc1N1C(=O)[C@@H]2[C@H](C1=O)[C@H]1c3ccccc3C=CN1[C@H]2C(=O)c1cccc([N+](=O)[O-])c1. The van der Waals surface area contributed by atoms with Crippen LogP contribution in [0, 0.1) is 32.1 Å². The average Bonchev–Trinajstić information content (AvgIpc) is 3.44. The molecule has 0 aromatic heterocycles. The summed E-state index contributed by atoms with van der Waals surface area (Å²) in [4.78, 5) is 66.3. The van der Waals surface area contributed by atoms with Crippen LogP contribution in [0.2, 0.25) is 0 Å². The number of methoxy groups -OCH3 is 1. The summed E-state index contributed by atoms with van der Waals surface area (Å²) in [6.07, 6.45) is 3.46. The molecule has 0 spiro atoms. The first kappa shape index (κ1) is 24.9. The van der Waals surface area contributed by atoms with Crippen molar-refractivity contribution in [3.05, 3.63) is 110 Å². The molecule has 12 nitrogen and oxygen atoms in total. The van der Waals surface area contributed by atoms with Crippen LogP contribution >= 0.6 is 0 Å². The predicted octanol–water partition coefficient (Wildman–Crippen LogP) is 3.91. The van der Waals surface area contributed by atoms with E-state index < -0.39 is 51.4 Å². The molecule has 4 atom stereocenters. The molecular formula is C28H20N4O8. The fraction of sp³-hybridized carbons (Fsp3) is 0.179. The van der Waals surface area contributed by atoms with Crippen molar-refractivity contribution in [2.75, 3.05) is 12.0 Å². The maximum absolute atomic E-state index is 14.1. The molecule has 3 aliphatic rings. The lowest BCUT2D eigenvalue weighted by Gasteiger charge is -2.35. The molecule has 3 heterocycles. The molecule has 0 saturated carbocycles. The lowest BCUT2D eigenvalue weighted by Crippen LogP contribution is -2.44. The average molecular weight is 540 g/mol. The second-order valence-electron chi connectivity index (χ2n) is 9.63. The summed E-state index contributed by atoms with van der Waals surface area (Å²) in [5.74, 6) is -3.98. The second-order valence-corrected chi connectivity index (χ2v) is 9.63. The Labute approximate surface area is 226 Å². The van der Waals surface area contributed by atoms with Gasteiger partial charge in [0.1, 0.15) is 17.5 Å². The molecule has 6 rings (SSSR count). The predicted molar refractivity (Wildman–Crippen MR) is 140 cm³/mol. The number of ether oxygens (including phenoxy) is 1. The Morgan fingerprint density at radius 2 is 1.57 bits per heavy atom. The van der Waals surface area contributed by atoms with Crippen LogP contribution < -0.4 is 9.64 Å². The maximum atomic E-state index is 14.1. The Balaban J connectivity index is 1.51. The zero-order valence-corrected chi connectivity index (χ0v) is 20.9. The lowest BCUT2D eigenvalue weighted by molar-refractivity contribution is -0.385. The van der Waals surface area contributed by atoms with E-state index in [1.807, 2.05) is 18.2 Å². The number of nitro benzene ring substituents is 2. The summed E-state index contributed by atoms with van der Waals surface area (Å²) in [6, 6.07) is 14.3. The molecule has 0 bridgehead atoms. The van der Waals surface area contributed by atoms with Crippen molar-refractivity contribution in [1.82, 2.24) is 4.90 Å². The van der Waals surface area contributed by atoms with Crippen LogP contribution in [0.15, 0.2) is 72.9 Å². The molecule has 200 valence electrons. The van der Waals surface area contributed by atoms with E-state index in [2.05, 4.69) is 0 Å². The van der Waals surface area contributed by atoms with Gasteiger partial charge in [-0.25, -0.2) is 4.90 Å². The molecule has 0 radical (unpaired) electrons. The fourth-order valence-electron chi connectivity index (χ4n) is 6.00. The van der Waals surface area contributed by atoms with E-state index >= 15 is 0 Å². The molecule has 2 saturated heterocycles. The van der Waals surface area contributed by atoms with Gasteiger partial charge in [-0.15, -0.1) is 0 Å². The smallest absolute Gasteiger partial charge is 0.271 e. The number of carbonyl (C=O) groups excluding carboxylic acids is 3. The molecule has 3 aliphatic heterocycles. The number of amides is 2. The van der Waals surface area contributed by atoms with Gasteiger partial charge in [0.25, 0.3) is 11.4 Å². The minimum Gasteiger partial charge on any atom is -0.495 e. The zero-order valence-electron chi connectivity index (χ0n) is 20.9. The van der Waals surface area contributed by atoms with Crippen LogP contribution in [-0.2, 0) is 9.59 Å². The molecule has 40 heavy (non-hydrogen) atoms. The van der Waals surface area contributed by atoms with E-state index in [-0.39, 0.29) is 28.4 Å². The first-order chi connectivity index (χ1) is 19.2. The Hall–Kier alpha value is -5.39. The Morgan fingerprint density at radius 1 is 0.875 bits per heavy atom. The van der Waals surface area contributed by atoms with Crippen LogP contribution in [-0.4, -0.2) is 45.5 Å². The molecule has 0 unspecified atom stereocenters. The summed E-state index contributed by atoms with van der Waals surface area (Å²) in [5, 5.41) is 22.9. The Morgan fingerprint density at radius 3 is 2.30 bits per heavy atom. The first-order valence-corrected chi connectivity index (χ1v) is 12.3. The number of hydrogen-bond donors (Lipinski definition) is 0. The number of ketones is 1. The third kappa shape index (κ3) is 3.56. The van der Waals surface area contributed by atoms with Gasteiger partial charge >= 0.3 is 0 Å². The molecule has 2 fully saturated rings. The number of anilines is 1. The van der Waals surface area contributed by atoms with Crippen LogP contribution in [0.1, 0.15) is 27.5 Å². The standard InChI is InChI=1S/C28H20N4O8/c1-40-21-10-9-18(32(38)39)14-20(21)30-27(34)22-23(28(30)35)25(26(33)16-6-4-7-17(13-16)31(36)37)29-12-11-15-5-2-3-8-19(15)24(22)29/h2-14,22-25H,1H3/t22-,23+,24+,25+/m0/s1. The van der Waals surface area contributed by atoms with E-state index in [4.69, 9.17) is 4.74 Å². The van der Waals surface area contributed by atoms with Crippen molar-refractivity contribution < 1.29 is 29.0 Å². The van der Waals surface area contributed by atoms with Crippen molar-refractivity contribution in [1.29, 1.82) is 0 Å². The van der Waals surface area contributed by atoms with Crippen LogP contribution in [0.3, 0.4) is 0 Å². The molecule has 2 amide bonds. The number of benzene rings is 3. The van der Waals surface area contributed by atoms with Crippen LogP contribution in [0.5, 0.6) is 5.75 Å². The third-order valence-corrected chi connectivity index (χ3v) is 7.69. The number of imide groups is 1. The van der Waals surface area contributed by atoms with Gasteiger partial charge in [-0.3, -0.25) is 34.6 Å². The quantitative estimate of drug-likeness (QED) is 0.196. The molecule has 0 aliphatic carbocycles. The van der Waals surface area contributed by atoms with E-state index in [0.717, 1.165) is 28.2 Å². The minimum absolute atomic E-state index is 0.0255. The largest absolute Gasteiger partial charge is 0.495 e. The highest BCUT2D eigenvalue weighted by molar-refractivity contribution is 6.25. The van der Waals surface area contributed by atoms with Crippen molar-refractivity contribution in [2.45, 2.75) is 12.1 Å². The van der Waals surface area contributed by atoms with E-state index in [9.17, 15) is 34.6 Å². The van der Waals surface area contributed by atoms with E-state index in [0.29, 0.717) is 0 Å². The third-order valence-electron chi connectivity index (χ3n) is 7.69. The molecular weight excluding hydrogens is 520 g/mol. The van der Waals surface area contributed by atoms with Gasteiger partial charge in [0, 0.05) is 36.0 Å². The first-order valence-electron chi connectivity index (χ1n) is 12.3. The monoisotopic (exact) mass is 540 g/mol. The maximum Gasteiger partial charge on any atom is 0.271 e. The van der Waals surface area contributed by atoms with Gasteiger partial charge in [0.15, 0.2) is 5.78 Å². The van der Waals surface area contributed by atoms with E-state index in [1.165, 1.54) is 37.4 Å². The number of carbonyl (C=O) groups is 3. The number of hydrogen-bond acceptors (Lipinski definition) is 9. The van der Waals surface area contributed by atoms with Gasteiger partial charge < -0.3 is 9.64 Å². The van der Waals surface area contributed by atoms with Crippen molar-refractivity contribution in [3.63, 3.8) is 0 Å². The minimum atomic E-state index is -1.16. The molecule has 3 aromatic rings. The van der Waals surface area contributed by atoms with Gasteiger partial charge in [0.2, 0.25) is 11.8 Å². The molecule has 0 N–H and O–H groups in total. The Bertz CT molecular complexity index is 1670. The van der Waals surface area contributed by atoms with Crippen molar-refractivity contribution >= 4 is 40.7 Å². The zero-order chi connectivity index (χ0) is 28.3. The van der Waals surface area contributed by atoms with Crippen molar-refractivity contribution in [2.24, 2.45) is 11.8 Å². The normalized spacial score (nSPS) is 22.5. The number of non-ortho nitro benzene ring substituents is 2. The summed E-state index contributed by atoms with van der Waals surface area (Å²) < 4.78 is 5.33. The van der Waals surface area contributed by atoms with Crippen LogP contribution in [0.25, 0.3) is 6.08 Å². The number of rotatable bonds is 6. The topological polar surface area (TPSA) is 153 Å². The van der Waals surface area contributed by atoms with Gasteiger partial charge in [-0.1, -0.05) is 36.4 Å². The van der Waals surface area contributed by atoms with Crippen LogP contribution in [0.4, 0.5) is 17.1 Å². The van der Waals surface area contributed by atoms with Gasteiger partial charge in [-0.05, 0) is 23.3 Å². The fourth-order valence-corrected chi connectivity index (χ4v) is 6.00. The summed E-state index contributed by atoms with van der Waals surface area (Å²) in [5.41, 5.74) is 0.866. The number of nitro groups is 2. The van der Waals surface area contributed by atoms with Crippen molar-refractivity contribution in [3.8, 4) is 5.75 Å². The van der Waals surface area contributed by atoms with Gasteiger partial charge in [-0.2, -0.15) is 0 Å². The highest BCUT2D eigenvalue weighted by Crippen LogP contribution is 2.54. The lowest BCUT2D eigenvalue weighted by atomic mass is 9.83. The van der Waals surface area contributed by atoms with Gasteiger partial charge in [0.05, 0.1) is 34.8 Å². The molecule has 3 aromatic carbocycles. The summed E-state index contributed by atoms with van der Waals surface area (Å²) >= 11 is 0. The number of Topliss-reactive ketones (excluding diaryl/α,β-unsaturated/α-hetero) is 1. The summed E-state index contributed by atoms with van der Waals surface area (Å²) in [6.45, 7) is 0. The number of nitrogens with zero attached hydrogens (tertiary/aromatic N) is 4. The number of fused-ring (bicyclic) bond motifs is 5. The highest BCUT2D eigenvalue weighted by atomic mass is 16.6. The highest BCUT2D eigenvalue weighted by Gasteiger charge is 2.65. The Kier molecular flexibility index (Phi) is 5.68. The summed E-state index contributed by atoms with van der Waals surface area (Å²) in [7, 11) is 1.31. The second kappa shape index (κ2) is 9.12.